The van der Waals surface area contributed by atoms with Crippen LogP contribution in [0.25, 0.3) is 0 Å². The van der Waals surface area contributed by atoms with Crippen LogP contribution in [-0.2, 0) is 28.0 Å². The molecule has 0 aromatic heterocycles. The number of esters is 1. The molecule has 7 heteroatoms. The first kappa shape index (κ1) is 19.6. The van der Waals surface area contributed by atoms with Crippen LogP contribution in [0.15, 0.2) is 42.5 Å². The Morgan fingerprint density at radius 3 is 2.00 bits per heavy atom. The van der Waals surface area contributed by atoms with E-state index in [0.717, 1.165) is 0 Å². The Balaban J connectivity index is 2.94. The van der Waals surface area contributed by atoms with Gasteiger partial charge in [-0.05, 0) is 13.3 Å². The standard InChI is InChI=1S/C17H22O6Si/c1-13(2)17(20)21-11-8-12-24(22-14(3)18,23-15(4)19)16-9-6-5-7-10-16/h5-7,9-10H,1,8,11-12H2,2-4H3. The van der Waals surface area contributed by atoms with Gasteiger partial charge in [0.05, 0.1) is 6.61 Å². The summed E-state index contributed by atoms with van der Waals surface area (Å²) in [4.78, 5) is 34.5. The van der Waals surface area contributed by atoms with E-state index in [0.29, 0.717) is 23.2 Å². The molecule has 0 aliphatic heterocycles. The fourth-order valence-electron chi connectivity index (χ4n) is 2.13. The highest BCUT2D eigenvalue weighted by Crippen LogP contribution is 2.18. The van der Waals surface area contributed by atoms with Crippen molar-refractivity contribution in [2.24, 2.45) is 0 Å². The van der Waals surface area contributed by atoms with Crippen LogP contribution in [-0.4, -0.2) is 33.1 Å². The number of hydrogen-bond donors (Lipinski definition) is 0. The quantitative estimate of drug-likeness (QED) is 0.309. The van der Waals surface area contributed by atoms with Crippen LogP contribution < -0.4 is 5.19 Å². The highest BCUT2D eigenvalue weighted by Gasteiger charge is 2.46. The second kappa shape index (κ2) is 9.02. The summed E-state index contributed by atoms with van der Waals surface area (Å²) >= 11 is 0. The van der Waals surface area contributed by atoms with Crippen molar-refractivity contribution in [1.29, 1.82) is 0 Å². The lowest BCUT2D eigenvalue weighted by Gasteiger charge is -2.29. The molecule has 1 aromatic rings. The Labute approximate surface area is 142 Å². The van der Waals surface area contributed by atoms with Crippen LogP contribution in [0.2, 0.25) is 6.04 Å². The van der Waals surface area contributed by atoms with Gasteiger partial charge in [0, 0.05) is 30.7 Å². The van der Waals surface area contributed by atoms with Crippen molar-refractivity contribution in [2.45, 2.75) is 33.2 Å². The molecule has 0 unspecified atom stereocenters. The molecule has 0 aliphatic carbocycles. The van der Waals surface area contributed by atoms with Crippen molar-refractivity contribution in [3.8, 4) is 0 Å². The van der Waals surface area contributed by atoms with Crippen LogP contribution in [0.1, 0.15) is 27.2 Å². The summed E-state index contributed by atoms with van der Waals surface area (Å²) in [5.41, 5.74) is 0.307. The normalized spacial score (nSPS) is 10.6. The number of carbonyl (C=O) groups excluding carboxylic acids is 3. The van der Waals surface area contributed by atoms with E-state index >= 15 is 0 Å². The molecule has 0 radical (unpaired) electrons. The largest absolute Gasteiger partial charge is 0.499 e. The van der Waals surface area contributed by atoms with Gasteiger partial charge in [-0.25, -0.2) is 4.79 Å². The monoisotopic (exact) mass is 350 g/mol. The van der Waals surface area contributed by atoms with E-state index in [2.05, 4.69) is 6.58 Å². The van der Waals surface area contributed by atoms with Gasteiger partial charge >= 0.3 is 14.5 Å². The van der Waals surface area contributed by atoms with Gasteiger partial charge in [0.2, 0.25) is 0 Å². The second-order valence-electron chi connectivity index (χ2n) is 5.33. The summed E-state index contributed by atoms with van der Waals surface area (Å²) in [5, 5.41) is 0.668. The van der Waals surface area contributed by atoms with Crippen molar-refractivity contribution in [2.75, 3.05) is 6.61 Å². The molecular weight excluding hydrogens is 328 g/mol. The summed E-state index contributed by atoms with van der Waals surface area (Å²) in [7, 11) is -3.31. The Bertz CT molecular complexity index is 595. The molecule has 0 heterocycles. The van der Waals surface area contributed by atoms with Gasteiger partial charge in [-0.3, -0.25) is 9.59 Å². The van der Waals surface area contributed by atoms with Crippen LogP contribution >= 0.6 is 0 Å². The molecular formula is C17H22O6Si. The zero-order valence-electron chi connectivity index (χ0n) is 14.2. The lowest BCUT2D eigenvalue weighted by molar-refractivity contribution is -0.141. The van der Waals surface area contributed by atoms with E-state index in [1.165, 1.54) is 13.8 Å². The average molecular weight is 350 g/mol. The van der Waals surface area contributed by atoms with E-state index in [4.69, 9.17) is 13.6 Å². The fourth-order valence-corrected chi connectivity index (χ4v) is 5.14. The Morgan fingerprint density at radius 2 is 1.54 bits per heavy atom. The van der Waals surface area contributed by atoms with E-state index in [-0.39, 0.29) is 6.61 Å². The molecule has 130 valence electrons. The summed E-state index contributed by atoms with van der Waals surface area (Å²) in [6.45, 7) is 7.73. The van der Waals surface area contributed by atoms with Crippen molar-refractivity contribution in [3.05, 3.63) is 42.5 Å². The highest BCUT2D eigenvalue weighted by molar-refractivity contribution is 6.83. The molecule has 0 aliphatic rings. The minimum absolute atomic E-state index is 0.121. The summed E-state index contributed by atoms with van der Waals surface area (Å²) in [5.74, 6) is -1.53. The second-order valence-corrected chi connectivity index (χ2v) is 8.32. The smallest absolute Gasteiger partial charge is 0.482 e. The van der Waals surface area contributed by atoms with Gasteiger partial charge in [-0.2, -0.15) is 0 Å². The zero-order chi connectivity index (χ0) is 18.2. The maximum absolute atomic E-state index is 11.6. The summed E-state index contributed by atoms with van der Waals surface area (Å²) in [6.07, 6.45) is 0.390. The first-order valence-electron chi connectivity index (χ1n) is 7.54. The van der Waals surface area contributed by atoms with Crippen LogP contribution in [0, 0.1) is 0 Å². The molecule has 24 heavy (non-hydrogen) atoms. The molecule has 1 rings (SSSR count). The topological polar surface area (TPSA) is 78.9 Å². The number of hydrogen-bond acceptors (Lipinski definition) is 6. The minimum atomic E-state index is -3.31. The Hall–Kier alpha value is -2.41. The van der Waals surface area contributed by atoms with Crippen molar-refractivity contribution in [3.63, 3.8) is 0 Å². The van der Waals surface area contributed by atoms with Gasteiger partial charge in [0.25, 0.3) is 11.9 Å². The van der Waals surface area contributed by atoms with Crippen LogP contribution in [0.5, 0.6) is 0 Å². The molecule has 1 aromatic carbocycles. The molecule has 0 saturated heterocycles. The molecule has 0 spiro atoms. The first-order chi connectivity index (χ1) is 11.3. The Kier molecular flexibility index (Phi) is 7.38. The number of ether oxygens (including phenoxy) is 1. The Morgan fingerprint density at radius 1 is 1.00 bits per heavy atom. The van der Waals surface area contributed by atoms with Gasteiger partial charge in [-0.1, -0.05) is 36.9 Å². The third-order valence-corrected chi connectivity index (χ3v) is 6.52. The average Bonchev–Trinajstić information content (AvgIpc) is 2.50. The summed E-state index contributed by atoms with van der Waals surface area (Å²) < 4.78 is 16.0. The third kappa shape index (κ3) is 6.00. The van der Waals surface area contributed by atoms with Crippen LogP contribution in [0.4, 0.5) is 0 Å². The van der Waals surface area contributed by atoms with E-state index in [9.17, 15) is 14.4 Å². The van der Waals surface area contributed by atoms with E-state index in [1.807, 2.05) is 6.07 Å². The molecule has 0 saturated carbocycles. The maximum atomic E-state index is 11.6. The minimum Gasteiger partial charge on any atom is -0.482 e. The van der Waals surface area contributed by atoms with Gasteiger partial charge < -0.3 is 13.6 Å². The maximum Gasteiger partial charge on any atom is 0.499 e. The molecule has 6 nitrogen and oxygen atoms in total. The van der Waals surface area contributed by atoms with E-state index in [1.54, 1.807) is 31.2 Å². The molecule has 0 atom stereocenters. The van der Waals surface area contributed by atoms with Crippen molar-refractivity contribution in [1.82, 2.24) is 0 Å². The lowest BCUT2D eigenvalue weighted by atomic mass is 10.4. The molecule has 0 fully saturated rings. The fraction of sp³-hybridized carbons (Fsp3) is 0.353. The van der Waals surface area contributed by atoms with Gasteiger partial charge in [0.1, 0.15) is 0 Å². The van der Waals surface area contributed by atoms with Gasteiger partial charge in [0.15, 0.2) is 0 Å². The van der Waals surface area contributed by atoms with Crippen molar-refractivity contribution < 1.29 is 28.0 Å². The zero-order valence-corrected chi connectivity index (χ0v) is 15.2. The number of carbonyl (C=O) groups is 3. The molecule has 0 bridgehead atoms. The predicted octanol–water partition coefficient (Wildman–Crippen LogP) is 1.97. The van der Waals surface area contributed by atoms with E-state index < -0.39 is 26.5 Å². The number of rotatable bonds is 8. The van der Waals surface area contributed by atoms with Crippen LogP contribution in [0.3, 0.4) is 0 Å². The highest BCUT2D eigenvalue weighted by atomic mass is 28.4. The lowest BCUT2D eigenvalue weighted by Crippen LogP contribution is -2.55. The third-order valence-electron chi connectivity index (χ3n) is 3.06. The SMILES string of the molecule is C=C(C)C(=O)OCCC[Si](OC(C)=O)(OC(C)=O)c1ccccc1. The number of benzene rings is 1. The first-order valence-corrected chi connectivity index (χ1v) is 9.56. The summed E-state index contributed by atoms with van der Waals surface area (Å²) in [6, 6.07) is 9.20. The molecule has 0 amide bonds. The van der Waals surface area contributed by atoms with Crippen molar-refractivity contribution >= 4 is 31.7 Å². The predicted molar refractivity (Wildman–Crippen MR) is 90.6 cm³/mol. The molecule has 0 N–H and O–H groups in total. The van der Waals surface area contributed by atoms with Gasteiger partial charge in [-0.15, -0.1) is 0 Å².